The van der Waals surface area contributed by atoms with E-state index in [4.69, 9.17) is 16.3 Å². The Hall–Kier alpha value is -1.20. The topological polar surface area (TPSA) is 33.0 Å². The number of hydrogen-bond donors (Lipinski definition) is 0. The first-order valence-electron chi connectivity index (χ1n) is 5.77. The van der Waals surface area contributed by atoms with Gasteiger partial charge in [-0.3, -0.25) is 0 Å². The summed E-state index contributed by atoms with van der Waals surface area (Å²) in [6, 6.07) is 4.37. The molecule has 1 aromatic rings. The van der Waals surface area contributed by atoms with Crippen molar-refractivity contribution in [2.45, 2.75) is 33.1 Å². The van der Waals surface area contributed by atoms with Crippen LogP contribution in [0.2, 0.25) is 5.02 Å². The van der Waals surface area contributed by atoms with E-state index < -0.39 is 0 Å². The molecule has 2 rings (SSSR count). The van der Waals surface area contributed by atoms with E-state index >= 15 is 0 Å². The van der Waals surface area contributed by atoms with Gasteiger partial charge in [0.05, 0.1) is 18.6 Å². The molecule has 0 saturated heterocycles. The third kappa shape index (κ3) is 2.12. The Labute approximate surface area is 107 Å². The number of rotatable bonds is 3. The van der Waals surface area contributed by atoms with Crippen molar-refractivity contribution in [2.75, 3.05) is 7.11 Å². The highest BCUT2D eigenvalue weighted by molar-refractivity contribution is 6.32. The first-order chi connectivity index (χ1) is 8.03. The molecule has 0 heterocycles. The van der Waals surface area contributed by atoms with E-state index in [1.54, 1.807) is 7.11 Å². The summed E-state index contributed by atoms with van der Waals surface area (Å²) in [6.45, 7) is 3.97. The number of hydrogen-bond acceptors (Lipinski definition) is 2. The van der Waals surface area contributed by atoms with Crippen molar-refractivity contribution in [3.8, 4) is 11.8 Å². The first-order valence-corrected chi connectivity index (χ1v) is 6.14. The fourth-order valence-electron chi connectivity index (χ4n) is 2.18. The number of ether oxygens (including phenoxy) is 1. The SMILES string of the molecule is COc1cc(C)c(Cl)c(C)c1CC1(C#N)CC1. The second-order valence-electron chi connectivity index (χ2n) is 4.88. The molecule has 1 aromatic carbocycles. The zero-order valence-electron chi connectivity index (χ0n) is 10.4. The van der Waals surface area contributed by atoms with Crippen molar-refractivity contribution in [2.24, 2.45) is 5.41 Å². The molecule has 0 radical (unpaired) electrons. The fourth-order valence-corrected chi connectivity index (χ4v) is 2.35. The molecule has 0 aliphatic heterocycles. The molecule has 0 N–H and O–H groups in total. The van der Waals surface area contributed by atoms with Crippen molar-refractivity contribution in [3.63, 3.8) is 0 Å². The summed E-state index contributed by atoms with van der Waals surface area (Å²) < 4.78 is 5.41. The highest BCUT2D eigenvalue weighted by atomic mass is 35.5. The van der Waals surface area contributed by atoms with Gasteiger partial charge in [-0.25, -0.2) is 0 Å². The number of nitrogens with zero attached hydrogens (tertiary/aromatic N) is 1. The Balaban J connectivity index is 2.45. The molecule has 1 saturated carbocycles. The molecule has 90 valence electrons. The molecule has 17 heavy (non-hydrogen) atoms. The van der Waals surface area contributed by atoms with Crippen molar-refractivity contribution >= 4 is 11.6 Å². The standard InChI is InChI=1S/C14H16ClNO/c1-9-6-12(17-3)11(10(2)13(9)15)7-14(8-16)4-5-14/h6H,4-5,7H2,1-3H3. The van der Waals surface area contributed by atoms with E-state index in [0.29, 0.717) is 0 Å². The highest BCUT2D eigenvalue weighted by Crippen LogP contribution is 2.50. The first kappa shape index (κ1) is 12.3. The maximum absolute atomic E-state index is 9.17. The van der Waals surface area contributed by atoms with Crippen LogP contribution in [0.4, 0.5) is 0 Å². The Bertz CT molecular complexity index is 498. The van der Waals surface area contributed by atoms with Gasteiger partial charge in [0.15, 0.2) is 0 Å². The van der Waals surface area contributed by atoms with Crippen LogP contribution in [0, 0.1) is 30.6 Å². The molecule has 0 spiro atoms. The van der Waals surface area contributed by atoms with Crippen LogP contribution < -0.4 is 4.74 Å². The fraction of sp³-hybridized carbons (Fsp3) is 0.500. The molecular weight excluding hydrogens is 234 g/mol. The van der Waals surface area contributed by atoms with Crippen LogP contribution in [0.15, 0.2) is 6.07 Å². The molecule has 0 bridgehead atoms. The number of aryl methyl sites for hydroxylation is 1. The van der Waals surface area contributed by atoms with Gasteiger partial charge in [-0.05, 0) is 50.3 Å². The maximum atomic E-state index is 9.17. The van der Waals surface area contributed by atoms with Crippen LogP contribution >= 0.6 is 11.6 Å². The number of benzene rings is 1. The molecule has 0 atom stereocenters. The summed E-state index contributed by atoms with van der Waals surface area (Å²) in [6.07, 6.45) is 2.72. The molecule has 1 fully saturated rings. The summed E-state index contributed by atoms with van der Waals surface area (Å²) in [4.78, 5) is 0. The molecule has 0 amide bonds. The van der Waals surface area contributed by atoms with Gasteiger partial charge in [-0.1, -0.05) is 11.6 Å². The predicted molar refractivity (Wildman–Crippen MR) is 68.5 cm³/mol. The second kappa shape index (κ2) is 4.23. The third-order valence-electron chi connectivity index (χ3n) is 3.60. The molecule has 2 nitrogen and oxygen atoms in total. The van der Waals surface area contributed by atoms with Crippen molar-refractivity contribution in [1.82, 2.24) is 0 Å². The zero-order valence-corrected chi connectivity index (χ0v) is 11.2. The van der Waals surface area contributed by atoms with Crippen LogP contribution in [0.1, 0.15) is 29.5 Å². The summed E-state index contributed by atoms with van der Waals surface area (Å²) >= 11 is 6.27. The minimum atomic E-state index is -0.170. The summed E-state index contributed by atoms with van der Waals surface area (Å²) in [7, 11) is 1.66. The van der Waals surface area contributed by atoms with Gasteiger partial charge in [0, 0.05) is 10.6 Å². The second-order valence-corrected chi connectivity index (χ2v) is 5.26. The zero-order chi connectivity index (χ0) is 12.6. The van der Waals surface area contributed by atoms with Crippen LogP contribution in [0.5, 0.6) is 5.75 Å². The van der Waals surface area contributed by atoms with Crippen molar-refractivity contribution < 1.29 is 4.74 Å². The highest BCUT2D eigenvalue weighted by Gasteiger charge is 2.44. The molecule has 1 aliphatic carbocycles. The molecule has 1 aliphatic rings. The van der Waals surface area contributed by atoms with E-state index in [0.717, 1.165) is 46.7 Å². The number of halogens is 1. The quantitative estimate of drug-likeness (QED) is 0.816. The molecule has 0 unspecified atom stereocenters. The Morgan fingerprint density at radius 1 is 1.47 bits per heavy atom. The predicted octanol–water partition coefficient (Wildman–Crippen LogP) is 3.81. The Morgan fingerprint density at radius 2 is 2.12 bits per heavy atom. The van der Waals surface area contributed by atoms with Crippen LogP contribution in [-0.4, -0.2) is 7.11 Å². The molecular formula is C14H16ClNO. The lowest BCUT2D eigenvalue weighted by Crippen LogP contribution is -2.06. The van der Waals surface area contributed by atoms with Gasteiger partial charge in [-0.2, -0.15) is 5.26 Å². The van der Waals surface area contributed by atoms with Crippen molar-refractivity contribution in [3.05, 3.63) is 27.8 Å². The van der Waals surface area contributed by atoms with Gasteiger partial charge in [0.1, 0.15) is 5.75 Å². The molecule has 0 aromatic heterocycles. The van der Waals surface area contributed by atoms with Crippen molar-refractivity contribution in [1.29, 1.82) is 5.26 Å². The number of methoxy groups -OCH3 is 1. The van der Waals surface area contributed by atoms with E-state index in [1.807, 2.05) is 19.9 Å². The Kier molecular flexibility index (Phi) is 3.05. The van der Waals surface area contributed by atoms with Gasteiger partial charge < -0.3 is 4.74 Å². The average molecular weight is 250 g/mol. The van der Waals surface area contributed by atoms with Gasteiger partial charge >= 0.3 is 0 Å². The number of nitriles is 1. The van der Waals surface area contributed by atoms with E-state index in [-0.39, 0.29) is 5.41 Å². The lowest BCUT2D eigenvalue weighted by Gasteiger charge is -2.16. The molecule has 3 heteroatoms. The Morgan fingerprint density at radius 3 is 2.59 bits per heavy atom. The van der Waals surface area contributed by atoms with Gasteiger partial charge in [-0.15, -0.1) is 0 Å². The minimum absolute atomic E-state index is 0.170. The monoisotopic (exact) mass is 249 g/mol. The van der Waals surface area contributed by atoms with Crippen LogP contribution in [0.3, 0.4) is 0 Å². The normalized spacial score (nSPS) is 16.4. The minimum Gasteiger partial charge on any atom is -0.496 e. The third-order valence-corrected chi connectivity index (χ3v) is 4.18. The van der Waals surface area contributed by atoms with E-state index in [2.05, 4.69) is 6.07 Å². The van der Waals surface area contributed by atoms with Gasteiger partial charge in [0.25, 0.3) is 0 Å². The van der Waals surface area contributed by atoms with E-state index in [9.17, 15) is 5.26 Å². The largest absolute Gasteiger partial charge is 0.496 e. The van der Waals surface area contributed by atoms with Crippen LogP contribution in [0.25, 0.3) is 0 Å². The van der Waals surface area contributed by atoms with Gasteiger partial charge in [0.2, 0.25) is 0 Å². The maximum Gasteiger partial charge on any atom is 0.122 e. The smallest absolute Gasteiger partial charge is 0.122 e. The lowest BCUT2D eigenvalue weighted by molar-refractivity contribution is 0.406. The van der Waals surface area contributed by atoms with E-state index in [1.165, 1.54) is 0 Å². The summed E-state index contributed by atoms with van der Waals surface area (Å²) in [5.74, 6) is 0.853. The summed E-state index contributed by atoms with van der Waals surface area (Å²) in [5, 5.41) is 9.96. The van der Waals surface area contributed by atoms with Crippen LogP contribution in [-0.2, 0) is 6.42 Å². The average Bonchev–Trinajstić information content (AvgIpc) is 3.10. The summed E-state index contributed by atoms with van der Waals surface area (Å²) in [5.41, 5.74) is 2.98. The lowest BCUT2D eigenvalue weighted by atomic mass is 9.93.